The summed E-state index contributed by atoms with van der Waals surface area (Å²) in [4.78, 5) is 0. The highest BCUT2D eigenvalue weighted by atomic mass is 28.3. The van der Waals surface area contributed by atoms with Gasteiger partial charge in [-0.05, 0) is 32.8 Å². The van der Waals surface area contributed by atoms with Crippen LogP contribution in [-0.2, 0) is 0 Å². The lowest BCUT2D eigenvalue weighted by atomic mass is 10.3. The van der Waals surface area contributed by atoms with Gasteiger partial charge in [0.2, 0.25) is 0 Å². The summed E-state index contributed by atoms with van der Waals surface area (Å²) in [6.45, 7) is 8.74. The maximum Gasteiger partial charge on any atom is 0.140 e. The van der Waals surface area contributed by atoms with Crippen molar-refractivity contribution < 1.29 is 0 Å². The van der Waals surface area contributed by atoms with Crippen molar-refractivity contribution >= 4 is 36.9 Å². The highest BCUT2D eigenvalue weighted by Crippen LogP contribution is 2.21. The maximum atomic E-state index is 4.37. The topological polar surface area (TPSA) is 0 Å². The van der Waals surface area contributed by atoms with Gasteiger partial charge in [-0.25, -0.2) is 0 Å². The van der Waals surface area contributed by atoms with Gasteiger partial charge in [-0.2, -0.15) is 0 Å². The van der Waals surface area contributed by atoms with Crippen molar-refractivity contribution in [1.29, 1.82) is 0 Å². The molecule has 4 aromatic carbocycles. The first-order chi connectivity index (χ1) is 17.2. The summed E-state index contributed by atoms with van der Waals surface area (Å²) in [5, 5.41) is 5.85. The minimum Gasteiger partial charge on any atom is -0.106 e. The number of unbranched alkanes of at least 4 members (excludes halogenated alkanes) is 2. The fraction of sp³-hybridized carbons (Fsp3) is 0.152. The van der Waals surface area contributed by atoms with Crippen molar-refractivity contribution in [3.8, 4) is 0 Å². The zero-order chi connectivity index (χ0) is 24.4. The van der Waals surface area contributed by atoms with Crippen molar-refractivity contribution in [2.24, 2.45) is 0 Å². The average molecular weight is 489 g/mol. The molecule has 4 rings (SSSR count). The summed E-state index contributed by atoms with van der Waals surface area (Å²) in [5.41, 5.74) is 4.60. The minimum absolute atomic E-state index is 1.20. The SMILES string of the molecule is C=C[Si](CCCCC[Si](C=C)(c1ccccc1)c1ccccc1)(c1ccccc1)c1ccccc1. The molecule has 4 aromatic rings. The Bertz CT molecular complexity index is 1010. The Morgan fingerprint density at radius 3 is 0.886 bits per heavy atom. The van der Waals surface area contributed by atoms with Crippen molar-refractivity contribution in [3.63, 3.8) is 0 Å². The summed E-state index contributed by atoms with van der Waals surface area (Å²) in [7, 11) is -4.00. The van der Waals surface area contributed by atoms with Crippen LogP contribution >= 0.6 is 0 Å². The standard InChI is InChI=1S/C33H36Si2/c1-3-34(30-20-10-5-11-21-30,31-22-12-6-13-23-31)28-18-9-19-29-35(4-2,32-24-14-7-15-25-32)33-26-16-8-17-27-33/h3-8,10-17,20-27H,1-2,9,18-19,28-29H2. The minimum atomic E-state index is -2.00. The van der Waals surface area contributed by atoms with E-state index < -0.39 is 16.1 Å². The number of hydrogen-bond acceptors (Lipinski definition) is 0. The fourth-order valence-electron chi connectivity index (χ4n) is 5.51. The molecule has 0 bridgehead atoms. The van der Waals surface area contributed by atoms with E-state index in [2.05, 4.69) is 146 Å². The van der Waals surface area contributed by atoms with Crippen LogP contribution in [0.25, 0.3) is 0 Å². The summed E-state index contributed by atoms with van der Waals surface area (Å²) in [6.07, 6.45) is 3.66. The van der Waals surface area contributed by atoms with Gasteiger partial charge < -0.3 is 0 Å². The molecule has 0 heterocycles. The molecule has 0 N–H and O–H groups in total. The van der Waals surface area contributed by atoms with Gasteiger partial charge in [0, 0.05) is 0 Å². The van der Waals surface area contributed by atoms with Crippen LogP contribution in [0.4, 0.5) is 0 Å². The van der Waals surface area contributed by atoms with Gasteiger partial charge in [-0.15, -0.1) is 13.2 Å². The Hall–Kier alpha value is -3.21. The van der Waals surface area contributed by atoms with Crippen molar-refractivity contribution in [1.82, 2.24) is 0 Å². The molecule has 176 valence electrons. The zero-order valence-corrected chi connectivity index (χ0v) is 22.7. The van der Waals surface area contributed by atoms with Crippen LogP contribution in [0.15, 0.2) is 146 Å². The van der Waals surface area contributed by atoms with Gasteiger partial charge in [0.05, 0.1) is 0 Å². The molecule has 0 aliphatic heterocycles. The lowest BCUT2D eigenvalue weighted by Crippen LogP contribution is -2.57. The van der Waals surface area contributed by atoms with E-state index in [0.717, 1.165) is 0 Å². The van der Waals surface area contributed by atoms with Crippen LogP contribution in [0.1, 0.15) is 19.3 Å². The Kier molecular flexibility index (Phi) is 8.51. The molecule has 0 saturated heterocycles. The van der Waals surface area contributed by atoms with Crippen LogP contribution in [0.2, 0.25) is 12.1 Å². The molecular weight excluding hydrogens is 453 g/mol. The van der Waals surface area contributed by atoms with Crippen LogP contribution in [0.5, 0.6) is 0 Å². The second-order valence-corrected chi connectivity index (χ2v) is 17.4. The van der Waals surface area contributed by atoms with Crippen molar-refractivity contribution in [2.45, 2.75) is 31.4 Å². The van der Waals surface area contributed by atoms with E-state index in [0.29, 0.717) is 0 Å². The smallest absolute Gasteiger partial charge is 0.106 e. The summed E-state index contributed by atoms with van der Waals surface area (Å²) >= 11 is 0. The largest absolute Gasteiger partial charge is 0.140 e. The van der Waals surface area contributed by atoms with Crippen LogP contribution < -0.4 is 20.7 Å². The second kappa shape index (κ2) is 12.0. The highest BCUT2D eigenvalue weighted by Gasteiger charge is 2.35. The molecule has 0 spiro atoms. The predicted octanol–water partition coefficient (Wildman–Crippen LogP) is 6.13. The molecule has 0 fully saturated rings. The monoisotopic (exact) mass is 488 g/mol. The van der Waals surface area contributed by atoms with Crippen molar-refractivity contribution in [2.75, 3.05) is 0 Å². The van der Waals surface area contributed by atoms with Gasteiger partial charge in [0.15, 0.2) is 0 Å². The molecule has 0 unspecified atom stereocenters. The van der Waals surface area contributed by atoms with Gasteiger partial charge in [0.1, 0.15) is 16.1 Å². The zero-order valence-electron chi connectivity index (χ0n) is 20.7. The molecule has 0 aliphatic rings. The third-order valence-corrected chi connectivity index (χ3v) is 16.6. The van der Waals surface area contributed by atoms with E-state index in [9.17, 15) is 0 Å². The lowest BCUT2D eigenvalue weighted by Gasteiger charge is -2.31. The average Bonchev–Trinajstić information content (AvgIpc) is 2.95. The number of benzene rings is 4. The molecule has 0 radical (unpaired) electrons. The van der Waals surface area contributed by atoms with Gasteiger partial charge in [0.25, 0.3) is 0 Å². The first-order valence-electron chi connectivity index (χ1n) is 12.7. The quantitative estimate of drug-likeness (QED) is 0.166. The van der Waals surface area contributed by atoms with E-state index >= 15 is 0 Å². The molecule has 0 aromatic heterocycles. The Morgan fingerprint density at radius 1 is 0.400 bits per heavy atom. The molecule has 0 saturated carbocycles. The summed E-state index contributed by atoms with van der Waals surface area (Å²) in [5.74, 6) is 0. The first kappa shape index (κ1) is 24.9. The maximum absolute atomic E-state index is 4.37. The Labute approximate surface area is 213 Å². The van der Waals surface area contributed by atoms with Gasteiger partial charge in [-0.3, -0.25) is 0 Å². The molecule has 0 nitrogen and oxygen atoms in total. The Balaban J connectivity index is 1.52. The molecular formula is C33H36Si2. The lowest BCUT2D eigenvalue weighted by molar-refractivity contribution is 0.760. The third-order valence-electron chi connectivity index (χ3n) is 7.49. The van der Waals surface area contributed by atoms with Crippen molar-refractivity contribution in [3.05, 3.63) is 146 Å². The second-order valence-electron chi connectivity index (χ2n) is 9.38. The van der Waals surface area contributed by atoms with Crippen LogP contribution in [-0.4, -0.2) is 16.1 Å². The van der Waals surface area contributed by atoms with E-state index in [1.807, 2.05) is 0 Å². The van der Waals surface area contributed by atoms with Gasteiger partial charge >= 0.3 is 0 Å². The van der Waals surface area contributed by atoms with E-state index in [1.165, 1.54) is 52.1 Å². The molecule has 0 aliphatic carbocycles. The number of rotatable bonds is 12. The fourth-order valence-corrected chi connectivity index (χ4v) is 13.4. The predicted molar refractivity (Wildman–Crippen MR) is 160 cm³/mol. The van der Waals surface area contributed by atoms with Crippen LogP contribution in [0, 0.1) is 0 Å². The molecule has 35 heavy (non-hydrogen) atoms. The van der Waals surface area contributed by atoms with E-state index in [1.54, 1.807) is 0 Å². The molecule has 0 amide bonds. The van der Waals surface area contributed by atoms with E-state index in [-0.39, 0.29) is 0 Å². The van der Waals surface area contributed by atoms with E-state index in [4.69, 9.17) is 0 Å². The number of hydrogen-bond donors (Lipinski definition) is 0. The first-order valence-corrected chi connectivity index (χ1v) is 17.3. The molecule has 2 heteroatoms. The van der Waals surface area contributed by atoms with Crippen LogP contribution in [0.3, 0.4) is 0 Å². The summed E-state index contributed by atoms with van der Waals surface area (Å²) < 4.78 is 0. The third kappa shape index (κ3) is 5.39. The normalized spacial score (nSPS) is 11.7. The summed E-state index contributed by atoms with van der Waals surface area (Å²) in [6, 6.07) is 46.7. The van der Waals surface area contributed by atoms with Gasteiger partial charge in [-0.1, -0.05) is 152 Å². The highest BCUT2D eigenvalue weighted by molar-refractivity contribution is 7.06. The molecule has 0 atom stereocenters. The Morgan fingerprint density at radius 2 is 0.657 bits per heavy atom.